The van der Waals surface area contributed by atoms with Crippen LogP contribution in [0.25, 0.3) is 6.08 Å². The number of imide groups is 1. The first-order valence-corrected chi connectivity index (χ1v) is 11.7. The maximum atomic E-state index is 13.0. The van der Waals surface area contributed by atoms with Crippen LogP contribution in [-0.4, -0.2) is 34.8 Å². The monoisotopic (exact) mass is 589 g/mol. The molecule has 1 aliphatic heterocycles. The number of methoxy groups -OCH3 is 1. The number of ether oxygens (including phenoxy) is 2. The van der Waals surface area contributed by atoms with Crippen LogP contribution in [-0.2, 0) is 22.7 Å². The number of nitrogens with zero attached hydrogens (tertiary/aromatic N) is 2. The van der Waals surface area contributed by atoms with Gasteiger partial charge in [-0.25, -0.2) is 9.59 Å². The maximum Gasteiger partial charge on any atom is 0.373 e. The molecular weight excluding hydrogens is 574 g/mol. The highest BCUT2D eigenvalue weighted by atomic mass is 79.9. The van der Waals surface area contributed by atoms with Crippen LogP contribution in [0, 0.1) is 10.1 Å². The smallest absolute Gasteiger partial charge is 0.373 e. The van der Waals surface area contributed by atoms with Crippen molar-refractivity contribution in [1.82, 2.24) is 10.2 Å². The van der Waals surface area contributed by atoms with E-state index < -0.39 is 22.8 Å². The van der Waals surface area contributed by atoms with E-state index in [1.54, 1.807) is 24.3 Å². The number of esters is 1. The van der Waals surface area contributed by atoms with E-state index in [-0.39, 0.29) is 36.1 Å². The van der Waals surface area contributed by atoms with E-state index in [0.717, 1.165) is 4.90 Å². The van der Waals surface area contributed by atoms with E-state index >= 15 is 0 Å². The molecule has 37 heavy (non-hydrogen) atoms. The lowest BCUT2D eigenvalue weighted by Crippen LogP contribution is -2.30. The number of furan rings is 1. The molecule has 0 bridgehead atoms. The number of halogens is 2. The van der Waals surface area contributed by atoms with Crippen molar-refractivity contribution in [2.75, 3.05) is 7.11 Å². The Morgan fingerprint density at radius 1 is 1.22 bits per heavy atom. The van der Waals surface area contributed by atoms with E-state index in [9.17, 15) is 24.5 Å². The number of nitro groups is 1. The van der Waals surface area contributed by atoms with Crippen LogP contribution in [0.15, 0.2) is 63.1 Å². The average Bonchev–Trinajstić information content (AvgIpc) is 3.43. The molecule has 4 rings (SSSR count). The van der Waals surface area contributed by atoms with Gasteiger partial charge in [0.2, 0.25) is 5.76 Å². The summed E-state index contributed by atoms with van der Waals surface area (Å²) in [5.74, 6) is -0.818. The standard InChI is InChI=1S/C24H17BrClN3O8/c1-35-23(31)20-7-6-17(37-20)11-28-22(30)19(27-24(28)32)9-14-8-15(26)10-18(25)21(14)36-12-13-2-4-16(5-3-13)29(33)34/h2-10H,11-12H2,1H3,(H,27,32)/b19-9-. The number of nitro benzene ring substituents is 1. The van der Waals surface area contributed by atoms with Crippen LogP contribution in [0.3, 0.4) is 0 Å². The Labute approximate surface area is 222 Å². The number of carbonyl (C=O) groups excluding carboxylic acids is 3. The molecule has 0 unspecified atom stereocenters. The Hall–Kier alpha value is -4.16. The Balaban J connectivity index is 1.54. The molecule has 2 aromatic carbocycles. The van der Waals surface area contributed by atoms with Crippen LogP contribution in [0.2, 0.25) is 5.02 Å². The van der Waals surface area contributed by atoms with Gasteiger partial charge in [-0.1, -0.05) is 11.6 Å². The first-order chi connectivity index (χ1) is 17.7. The van der Waals surface area contributed by atoms with E-state index in [1.165, 1.54) is 37.5 Å². The van der Waals surface area contributed by atoms with E-state index in [2.05, 4.69) is 26.0 Å². The van der Waals surface area contributed by atoms with Gasteiger partial charge in [0.15, 0.2) is 0 Å². The molecule has 0 aliphatic carbocycles. The third-order valence-corrected chi connectivity index (χ3v) is 6.00. The van der Waals surface area contributed by atoms with Gasteiger partial charge in [0.1, 0.15) is 23.8 Å². The highest BCUT2D eigenvalue weighted by Crippen LogP contribution is 2.35. The van der Waals surface area contributed by atoms with Crippen molar-refractivity contribution in [2.45, 2.75) is 13.2 Å². The molecule has 1 saturated heterocycles. The summed E-state index contributed by atoms with van der Waals surface area (Å²) in [6.45, 7) is -0.135. The van der Waals surface area contributed by atoms with Gasteiger partial charge in [-0.15, -0.1) is 0 Å². The molecule has 3 amide bonds. The van der Waals surface area contributed by atoms with E-state index in [0.29, 0.717) is 26.4 Å². The summed E-state index contributed by atoms with van der Waals surface area (Å²) in [6.07, 6.45) is 1.42. The lowest BCUT2D eigenvalue weighted by molar-refractivity contribution is -0.384. The summed E-state index contributed by atoms with van der Waals surface area (Å²) in [4.78, 5) is 48.3. The molecule has 13 heteroatoms. The fourth-order valence-corrected chi connectivity index (χ4v) is 4.36. The first-order valence-electron chi connectivity index (χ1n) is 10.5. The molecule has 1 fully saturated rings. The number of carbonyl (C=O) groups is 3. The predicted molar refractivity (Wildman–Crippen MR) is 134 cm³/mol. The largest absolute Gasteiger partial charge is 0.487 e. The summed E-state index contributed by atoms with van der Waals surface area (Å²) in [5, 5.41) is 13.7. The summed E-state index contributed by atoms with van der Waals surface area (Å²) in [6, 6.07) is 11.2. The number of amides is 3. The lowest BCUT2D eigenvalue weighted by Gasteiger charge is -2.13. The Morgan fingerprint density at radius 2 is 1.95 bits per heavy atom. The van der Waals surface area contributed by atoms with E-state index in [1.807, 2.05) is 0 Å². The second kappa shape index (κ2) is 10.8. The maximum absolute atomic E-state index is 13.0. The molecule has 0 saturated carbocycles. The second-order valence-corrected chi connectivity index (χ2v) is 8.95. The molecular formula is C24H17BrClN3O8. The quantitative estimate of drug-likeness (QED) is 0.126. The number of urea groups is 1. The number of hydrogen-bond donors (Lipinski definition) is 1. The van der Waals surface area contributed by atoms with Gasteiger partial charge >= 0.3 is 12.0 Å². The minimum atomic E-state index is -0.683. The van der Waals surface area contributed by atoms with Crippen LogP contribution >= 0.6 is 27.5 Å². The van der Waals surface area contributed by atoms with Crippen molar-refractivity contribution >= 4 is 57.2 Å². The zero-order valence-corrected chi connectivity index (χ0v) is 21.4. The lowest BCUT2D eigenvalue weighted by atomic mass is 10.1. The molecule has 1 N–H and O–H groups in total. The molecule has 3 aromatic rings. The van der Waals surface area contributed by atoms with Gasteiger partial charge in [0.25, 0.3) is 11.6 Å². The summed E-state index contributed by atoms with van der Waals surface area (Å²) >= 11 is 9.59. The van der Waals surface area contributed by atoms with Crippen molar-refractivity contribution in [2.24, 2.45) is 0 Å². The van der Waals surface area contributed by atoms with Crippen LogP contribution in [0.4, 0.5) is 10.5 Å². The minimum Gasteiger partial charge on any atom is -0.487 e. The Morgan fingerprint density at radius 3 is 2.62 bits per heavy atom. The fourth-order valence-electron chi connectivity index (χ4n) is 3.41. The highest BCUT2D eigenvalue weighted by molar-refractivity contribution is 9.10. The predicted octanol–water partition coefficient (Wildman–Crippen LogP) is 5.06. The zero-order chi connectivity index (χ0) is 26.7. The average molecular weight is 591 g/mol. The molecule has 1 aliphatic rings. The number of non-ortho nitro benzene ring substituents is 1. The van der Waals surface area contributed by atoms with Crippen molar-refractivity contribution < 1.29 is 33.2 Å². The molecule has 11 nitrogen and oxygen atoms in total. The summed E-state index contributed by atoms with van der Waals surface area (Å²) in [5.41, 5.74) is 1.00. The molecule has 0 spiro atoms. The fraction of sp³-hybridized carbons (Fsp3) is 0.125. The number of hydrogen-bond acceptors (Lipinski definition) is 8. The van der Waals surface area contributed by atoms with Crippen LogP contribution in [0.1, 0.15) is 27.4 Å². The first kappa shape index (κ1) is 25.9. The molecule has 0 radical (unpaired) electrons. The van der Waals surface area contributed by atoms with Gasteiger partial charge in [-0.2, -0.15) is 0 Å². The number of nitrogens with one attached hydrogen (secondary N) is 1. The highest BCUT2D eigenvalue weighted by Gasteiger charge is 2.34. The van der Waals surface area contributed by atoms with Gasteiger partial charge in [0, 0.05) is 22.7 Å². The number of rotatable bonds is 8. The third-order valence-electron chi connectivity index (χ3n) is 5.19. The zero-order valence-electron chi connectivity index (χ0n) is 19.0. The van der Waals surface area contributed by atoms with Gasteiger partial charge in [0.05, 0.1) is 23.1 Å². The van der Waals surface area contributed by atoms with Gasteiger partial charge in [-0.05, 0) is 64.0 Å². The molecule has 1 aromatic heterocycles. The van der Waals surface area contributed by atoms with Crippen molar-refractivity contribution in [3.63, 3.8) is 0 Å². The van der Waals surface area contributed by atoms with Crippen molar-refractivity contribution in [1.29, 1.82) is 0 Å². The van der Waals surface area contributed by atoms with Crippen molar-refractivity contribution in [3.8, 4) is 5.75 Å². The second-order valence-electron chi connectivity index (χ2n) is 7.66. The SMILES string of the molecule is COC(=O)c1ccc(CN2C(=O)N/C(=C\c3cc(Cl)cc(Br)c3OCc3ccc([N+](=O)[O-])cc3)C2=O)o1. The summed E-state index contributed by atoms with van der Waals surface area (Å²) in [7, 11) is 1.21. The molecule has 190 valence electrons. The van der Waals surface area contributed by atoms with Crippen LogP contribution in [0.5, 0.6) is 5.75 Å². The van der Waals surface area contributed by atoms with E-state index in [4.69, 9.17) is 20.8 Å². The van der Waals surface area contributed by atoms with Crippen LogP contribution < -0.4 is 10.1 Å². The Bertz CT molecular complexity index is 1430. The molecule has 0 atom stereocenters. The minimum absolute atomic E-state index is 0.0286. The third kappa shape index (κ3) is 5.81. The molecule has 2 heterocycles. The van der Waals surface area contributed by atoms with Gasteiger partial charge in [-0.3, -0.25) is 19.8 Å². The van der Waals surface area contributed by atoms with Crippen molar-refractivity contribution in [3.05, 3.63) is 96.5 Å². The normalized spacial score (nSPS) is 14.1. The Kier molecular flexibility index (Phi) is 7.60. The number of benzene rings is 2. The summed E-state index contributed by atoms with van der Waals surface area (Å²) < 4.78 is 16.3. The van der Waals surface area contributed by atoms with Gasteiger partial charge < -0.3 is 19.2 Å². The topological polar surface area (TPSA) is 141 Å².